The van der Waals surface area contributed by atoms with Gasteiger partial charge in [0.1, 0.15) is 5.60 Å². The van der Waals surface area contributed by atoms with Crippen LogP contribution in [0.15, 0.2) is 0 Å². The topological polar surface area (TPSA) is 32.8 Å². The molecule has 1 fully saturated rings. The molecular weight excluding hydrogens is 240 g/mol. The second-order valence-electron chi connectivity index (χ2n) is 7.04. The van der Waals surface area contributed by atoms with Crippen LogP contribution in [0.3, 0.4) is 0 Å². The van der Waals surface area contributed by atoms with Crippen LogP contribution < -0.4 is 0 Å². The minimum absolute atomic E-state index is 0.205. The minimum atomic E-state index is -0.419. The average molecular weight is 270 g/mol. The van der Waals surface area contributed by atoms with Crippen LogP contribution in [0.1, 0.15) is 47.5 Å². The predicted octanol–water partition coefficient (Wildman–Crippen LogP) is 2.97. The monoisotopic (exact) mass is 270 g/mol. The molecule has 0 aromatic heterocycles. The maximum absolute atomic E-state index is 12.1. The maximum Gasteiger partial charge on any atom is 0.410 e. The number of carbonyl (C=O) groups excluding carboxylic acids is 1. The number of likely N-dealkylation sites (tertiary alicyclic amines) is 1. The van der Waals surface area contributed by atoms with Crippen molar-refractivity contribution in [2.45, 2.75) is 59.1 Å². The number of rotatable bonds is 3. The number of hydrogen-bond donors (Lipinski definition) is 0. The number of nitrogens with zero attached hydrogens (tertiary/aromatic N) is 2. The molecule has 1 amide bonds. The van der Waals surface area contributed by atoms with Crippen LogP contribution in [0.2, 0.25) is 0 Å². The molecule has 112 valence electrons. The van der Waals surface area contributed by atoms with Gasteiger partial charge in [0.2, 0.25) is 0 Å². The van der Waals surface area contributed by atoms with Crippen LogP contribution in [0.25, 0.3) is 0 Å². The summed E-state index contributed by atoms with van der Waals surface area (Å²) in [7, 11) is 1.86. The number of ether oxygens (including phenoxy) is 1. The van der Waals surface area contributed by atoms with Crippen LogP contribution in [-0.2, 0) is 4.74 Å². The van der Waals surface area contributed by atoms with Gasteiger partial charge < -0.3 is 14.5 Å². The zero-order valence-corrected chi connectivity index (χ0v) is 13.4. The molecule has 0 saturated carbocycles. The Bertz CT molecular complexity index is 297. The largest absolute Gasteiger partial charge is 0.444 e. The van der Waals surface area contributed by atoms with Crippen molar-refractivity contribution in [3.05, 3.63) is 0 Å². The first-order chi connectivity index (χ1) is 8.69. The summed E-state index contributed by atoms with van der Waals surface area (Å²) >= 11 is 0. The molecule has 1 saturated heterocycles. The standard InChI is InChI=1S/C15H30N2O2/c1-12(2)10-17-9-7-8-13(11-17)16(6)14(18)19-15(3,4)5/h12-13H,7-11H2,1-6H3. The van der Waals surface area contributed by atoms with E-state index in [4.69, 9.17) is 4.74 Å². The van der Waals surface area contributed by atoms with Crippen LogP contribution >= 0.6 is 0 Å². The van der Waals surface area contributed by atoms with Gasteiger partial charge in [0, 0.05) is 26.2 Å². The fourth-order valence-corrected chi connectivity index (χ4v) is 2.51. The van der Waals surface area contributed by atoms with E-state index in [0.717, 1.165) is 32.5 Å². The van der Waals surface area contributed by atoms with Gasteiger partial charge in [-0.3, -0.25) is 0 Å². The van der Waals surface area contributed by atoms with E-state index in [1.165, 1.54) is 0 Å². The highest BCUT2D eigenvalue weighted by atomic mass is 16.6. The molecule has 0 aliphatic carbocycles. The lowest BCUT2D eigenvalue weighted by atomic mass is 10.0. The molecule has 0 aromatic carbocycles. The van der Waals surface area contributed by atoms with Gasteiger partial charge >= 0.3 is 6.09 Å². The van der Waals surface area contributed by atoms with Crippen LogP contribution in [0.4, 0.5) is 4.79 Å². The molecule has 1 heterocycles. The molecule has 4 heteroatoms. The second-order valence-corrected chi connectivity index (χ2v) is 7.04. The molecule has 19 heavy (non-hydrogen) atoms. The third-order valence-corrected chi connectivity index (χ3v) is 3.33. The van der Waals surface area contributed by atoms with Crippen molar-refractivity contribution in [1.82, 2.24) is 9.80 Å². The molecule has 1 rings (SSSR count). The van der Waals surface area contributed by atoms with E-state index in [1.807, 2.05) is 27.8 Å². The highest BCUT2D eigenvalue weighted by Gasteiger charge is 2.29. The summed E-state index contributed by atoms with van der Waals surface area (Å²) in [6, 6.07) is 0.280. The molecule has 0 N–H and O–H groups in total. The minimum Gasteiger partial charge on any atom is -0.444 e. The van der Waals surface area contributed by atoms with Crippen molar-refractivity contribution in [1.29, 1.82) is 0 Å². The lowest BCUT2D eigenvalue weighted by Crippen LogP contribution is -2.50. The number of amides is 1. The summed E-state index contributed by atoms with van der Waals surface area (Å²) in [6.07, 6.45) is 2.03. The maximum atomic E-state index is 12.1. The Kier molecular flexibility index (Phi) is 5.65. The molecular formula is C15H30N2O2. The van der Waals surface area contributed by atoms with E-state index in [-0.39, 0.29) is 12.1 Å². The van der Waals surface area contributed by atoms with E-state index >= 15 is 0 Å². The molecule has 4 nitrogen and oxygen atoms in total. The number of piperidine rings is 1. The van der Waals surface area contributed by atoms with Gasteiger partial charge in [-0.15, -0.1) is 0 Å². The zero-order valence-electron chi connectivity index (χ0n) is 13.4. The smallest absolute Gasteiger partial charge is 0.410 e. The SMILES string of the molecule is CC(C)CN1CCCC(N(C)C(=O)OC(C)(C)C)C1. The quantitative estimate of drug-likeness (QED) is 0.790. The molecule has 0 radical (unpaired) electrons. The summed E-state index contributed by atoms with van der Waals surface area (Å²) in [5.41, 5.74) is -0.419. The first kappa shape index (κ1) is 16.3. The van der Waals surface area contributed by atoms with Crippen LogP contribution in [0, 0.1) is 5.92 Å². The summed E-state index contributed by atoms with van der Waals surface area (Å²) in [4.78, 5) is 16.3. The number of likely N-dealkylation sites (N-methyl/N-ethyl adjacent to an activating group) is 1. The van der Waals surface area contributed by atoms with Gasteiger partial charge in [-0.25, -0.2) is 4.79 Å². The average Bonchev–Trinajstić information content (AvgIpc) is 2.25. The van der Waals surface area contributed by atoms with Gasteiger partial charge in [-0.1, -0.05) is 13.8 Å². The van der Waals surface area contributed by atoms with E-state index in [1.54, 1.807) is 4.90 Å². The zero-order chi connectivity index (χ0) is 14.6. The van der Waals surface area contributed by atoms with E-state index < -0.39 is 5.60 Å². The lowest BCUT2D eigenvalue weighted by Gasteiger charge is -2.38. The fraction of sp³-hybridized carbons (Fsp3) is 0.933. The number of hydrogen-bond acceptors (Lipinski definition) is 3. The van der Waals surface area contributed by atoms with E-state index in [9.17, 15) is 4.79 Å². The van der Waals surface area contributed by atoms with Crippen molar-refractivity contribution < 1.29 is 9.53 Å². The Morgan fingerprint density at radius 1 is 1.42 bits per heavy atom. The molecule has 0 aromatic rings. The van der Waals surface area contributed by atoms with Crippen molar-refractivity contribution in [2.24, 2.45) is 5.92 Å². The Labute approximate surface area is 118 Å². The predicted molar refractivity (Wildman–Crippen MR) is 78.3 cm³/mol. The number of carbonyl (C=O) groups is 1. The first-order valence-electron chi connectivity index (χ1n) is 7.37. The van der Waals surface area contributed by atoms with Crippen molar-refractivity contribution >= 4 is 6.09 Å². The third kappa shape index (κ3) is 5.81. The summed E-state index contributed by atoms with van der Waals surface area (Å²) < 4.78 is 5.44. The highest BCUT2D eigenvalue weighted by molar-refractivity contribution is 5.68. The summed E-state index contributed by atoms with van der Waals surface area (Å²) in [5, 5.41) is 0. The molecule has 1 aliphatic heterocycles. The summed E-state index contributed by atoms with van der Waals surface area (Å²) in [6.45, 7) is 13.4. The third-order valence-electron chi connectivity index (χ3n) is 3.33. The summed E-state index contributed by atoms with van der Waals surface area (Å²) in [5.74, 6) is 0.672. The van der Waals surface area contributed by atoms with E-state index in [0.29, 0.717) is 5.92 Å². The van der Waals surface area contributed by atoms with Crippen molar-refractivity contribution in [2.75, 3.05) is 26.7 Å². The van der Waals surface area contributed by atoms with Crippen LogP contribution in [0.5, 0.6) is 0 Å². The highest BCUT2D eigenvalue weighted by Crippen LogP contribution is 2.18. The van der Waals surface area contributed by atoms with E-state index in [2.05, 4.69) is 18.7 Å². The van der Waals surface area contributed by atoms with Gasteiger partial charge in [-0.05, 0) is 46.1 Å². The normalized spacial score (nSPS) is 21.5. The van der Waals surface area contributed by atoms with Gasteiger partial charge in [0.25, 0.3) is 0 Å². The van der Waals surface area contributed by atoms with Gasteiger partial charge in [0.05, 0.1) is 0 Å². The van der Waals surface area contributed by atoms with Gasteiger partial charge in [-0.2, -0.15) is 0 Å². The van der Waals surface area contributed by atoms with Gasteiger partial charge in [0.15, 0.2) is 0 Å². The van der Waals surface area contributed by atoms with Crippen molar-refractivity contribution in [3.63, 3.8) is 0 Å². The molecule has 0 bridgehead atoms. The van der Waals surface area contributed by atoms with Crippen molar-refractivity contribution in [3.8, 4) is 0 Å². The Morgan fingerprint density at radius 3 is 2.58 bits per heavy atom. The Morgan fingerprint density at radius 2 is 2.05 bits per heavy atom. The first-order valence-corrected chi connectivity index (χ1v) is 7.37. The lowest BCUT2D eigenvalue weighted by molar-refractivity contribution is 0.0128. The Balaban J connectivity index is 2.51. The molecule has 1 atom stereocenters. The molecule has 1 aliphatic rings. The second kappa shape index (κ2) is 6.60. The van der Waals surface area contributed by atoms with Crippen LogP contribution in [-0.4, -0.2) is 54.2 Å². The molecule has 1 unspecified atom stereocenters. The molecule has 0 spiro atoms. The Hall–Kier alpha value is -0.770. The fourth-order valence-electron chi connectivity index (χ4n) is 2.51.